The lowest BCUT2D eigenvalue weighted by Crippen LogP contribution is -2.50. The lowest BCUT2D eigenvalue weighted by molar-refractivity contribution is -0.132. The number of carbonyl (C=O) groups excluding carboxylic acids is 1. The molecule has 1 heterocycles. The van der Waals surface area contributed by atoms with Crippen molar-refractivity contribution in [3.05, 3.63) is 64.2 Å². The number of aryl methyl sites for hydroxylation is 1. The van der Waals surface area contributed by atoms with Crippen molar-refractivity contribution in [3.63, 3.8) is 0 Å². The number of hydrogen-bond acceptors (Lipinski definition) is 3. The van der Waals surface area contributed by atoms with E-state index in [1.807, 2.05) is 54.3 Å². The summed E-state index contributed by atoms with van der Waals surface area (Å²) in [7, 11) is 0. The molecule has 0 spiro atoms. The smallest absolute Gasteiger partial charge is 0.222 e. The van der Waals surface area contributed by atoms with Crippen LogP contribution in [-0.4, -0.2) is 30.4 Å². The van der Waals surface area contributed by atoms with E-state index < -0.39 is 0 Å². The van der Waals surface area contributed by atoms with Crippen LogP contribution in [0.4, 0.5) is 5.69 Å². The molecule has 2 aromatic carbocycles. The van der Waals surface area contributed by atoms with Crippen LogP contribution in [0.3, 0.4) is 0 Å². The van der Waals surface area contributed by atoms with Crippen molar-refractivity contribution in [3.8, 4) is 6.07 Å². The van der Waals surface area contributed by atoms with Crippen molar-refractivity contribution in [2.24, 2.45) is 5.92 Å². The van der Waals surface area contributed by atoms with E-state index >= 15 is 0 Å². The van der Waals surface area contributed by atoms with E-state index in [1.54, 1.807) is 0 Å². The van der Waals surface area contributed by atoms with Gasteiger partial charge in [0, 0.05) is 31.1 Å². The second-order valence-corrected chi connectivity index (χ2v) is 8.60. The van der Waals surface area contributed by atoms with E-state index in [4.69, 9.17) is 11.6 Å². The first-order valence-electron chi connectivity index (χ1n) is 10.2. The monoisotopic (exact) mass is 409 g/mol. The molecule has 1 aliphatic rings. The highest BCUT2D eigenvalue weighted by Crippen LogP contribution is 2.34. The molecule has 1 amide bonds. The molecule has 0 aromatic heterocycles. The fourth-order valence-electron chi connectivity index (χ4n) is 3.83. The molecule has 0 saturated carbocycles. The number of nitrogens with zero attached hydrogens (tertiary/aromatic N) is 3. The molecule has 0 aliphatic carbocycles. The largest absolute Gasteiger partial charge is 0.360 e. The second kappa shape index (κ2) is 9.33. The first-order valence-corrected chi connectivity index (χ1v) is 10.6. The Balaban J connectivity index is 1.91. The first kappa shape index (κ1) is 21.2. The molecule has 1 aliphatic heterocycles. The van der Waals surface area contributed by atoms with E-state index in [9.17, 15) is 10.1 Å². The minimum absolute atomic E-state index is 0.0150. The van der Waals surface area contributed by atoms with Crippen molar-refractivity contribution in [2.45, 2.75) is 39.7 Å². The number of amides is 1. The Morgan fingerprint density at radius 2 is 1.93 bits per heavy atom. The van der Waals surface area contributed by atoms with Crippen LogP contribution < -0.4 is 4.90 Å². The van der Waals surface area contributed by atoms with Gasteiger partial charge in [0.1, 0.15) is 6.07 Å². The average Bonchev–Trinajstić information content (AvgIpc) is 2.72. The van der Waals surface area contributed by atoms with E-state index in [-0.39, 0.29) is 11.9 Å². The van der Waals surface area contributed by atoms with Gasteiger partial charge in [-0.3, -0.25) is 4.79 Å². The number of carbonyl (C=O) groups is 1. The van der Waals surface area contributed by atoms with Crippen molar-refractivity contribution >= 4 is 23.2 Å². The topological polar surface area (TPSA) is 47.3 Å². The van der Waals surface area contributed by atoms with Crippen LogP contribution in [0, 0.1) is 24.2 Å². The van der Waals surface area contributed by atoms with Gasteiger partial charge in [-0.05, 0) is 54.7 Å². The summed E-state index contributed by atoms with van der Waals surface area (Å²) in [4.78, 5) is 17.0. The molecule has 0 radical (unpaired) electrons. The zero-order valence-corrected chi connectivity index (χ0v) is 18.1. The maximum Gasteiger partial charge on any atom is 0.222 e. The fraction of sp³-hybridized carbons (Fsp3) is 0.417. The Hall–Kier alpha value is -2.51. The van der Waals surface area contributed by atoms with Crippen molar-refractivity contribution < 1.29 is 4.79 Å². The molecule has 5 heteroatoms. The third kappa shape index (κ3) is 5.10. The predicted octanol–water partition coefficient (Wildman–Crippen LogP) is 5.35. The van der Waals surface area contributed by atoms with Gasteiger partial charge in [-0.15, -0.1) is 0 Å². The molecule has 0 N–H and O–H groups in total. The highest BCUT2D eigenvalue weighted by molar-refractivity contribution is 6.30. The molecular weight excluding hydrogens is 382 g/mol. The molecule has 3 rings (SSSR count). The molecule has 1 fully saturated rings. The molecule has 2 aromatic rings. The zero-order chi connectivity index (χ0) is 21.0. The maximum atomic E-state index is 12.8. The van der Waals surface area contributed by atoms with Crippen molar-refractivity contribution in [1.29, 1.82) is 5.26 Å². The number of piperazine rings is 1. The second-order valence-electron chi connectivity index (χ2n) is 8.17. The third-order valence-electron chi connectivity index (χ3n) is 5.51. The van der Waals surface area contributed by atoms with Gasteiger partial charge in [-0.2, -0.15) is 5.26 Å². The summed E-state index contributed by atoms with van der Waals surface area (Å²) in [5.41, 5.74) is 3.76. The van der Waals surface area contributed by atoms with Crippen LogP contribution in [0.2, 0.25) is 5.02 Å². The quantitative estimate of drug-likeness (QED) is 0.669. The van der Waals surface area contributed by atoms with Gasteiger partial charge in [-0.25, -0.2) is 0 Å². The Bertz CT molecular complexity index is 901. The normalized spacial score (nSPS) is 16.8. The van der Waals surface area contributed by atoms with Crippen LogP contribution in [0.5, 0.6) is 0 Å². The van der Waals surface area contributed by atoms with Gasteiger partial charge < -0.3 is 9.80 Å². The van der Waals surface area contributed by atoms with E-state index in [1.165, 1.54) is 0 Å². The van der Waals surface area contributed by atoms with Gasteiger partial charge in [0.15, 0.2) is 0 Å². The van der Waals surface area contributed by atoms with Crippen molar-refractivity contribution in [1.82, 2.24) is 4.90 Å². The summed E-state index contributed by atoms with van der Waals surface area (Å²) in [6.07, 6.45) is 1.49. The molecule has 0 unspecified atom stereocenters. The van der Waals surface area contributed by atoms with Crippen LogP contribution in [0.1, 0.15) is 49.4 Å². The Morgan fingerprint density at radius 3 is 2.59 bits per heavy atom. The molecule has 0 bridgehead atoms. The Labute approximate surface area is 178 Å². The van der Waals surface area contributed by atoms with Gasteiger partial charge >= 0.3 is 0 Å². The lowest BCUT2D eigenvalue weighted by Gasteiger charge is -2.43. The number of hydrogen-bond donors (Lipinski definition) is 0. The van der Waals surface area contributed by atoms with Crippen LogP contribution >= 0.6 is 11.6 Å². The zero-order valence-electron chi connectivity index (χ0n) is 17.4. The number of nitriles is 1. The highest BCUT2D eigenvalue weighted by atomic mass is 35.5. The molecule has 29 heavy (non-hydrogen) atoms. The van der Waals surface area contributed by atoms with Gasteiger partial charge in [0.2, 0.25) is 5.91 Å². The van der Waals surface area contributed by atoms with E-state index in [2.05, 4.69) is 24.8 Å². The Morgan fingerprint density at radius 1 is 1.21 bits per heavy atom. The maximum absolute atomic E-state index is 12.8. The molecule has 152 valence electrons. The minimum atomic E-state index is -0.0150. The summed E-state index contributed by atoms with van der Waals surface area (Å²) in [6.45, 7) is 8.24. The summed E-state index contributed by atoms with van der Waals surface area (Å²) < 4.78 is 0. The summed E-state index contributed by atoms with van der Waals surface area (Å²) in [5.74, 6) is 0.722. The van der Waals surface area contributed by atoms with Crippen LogP contribution in [-0.2, 0) is 4.79 Å². The van der Waals surface area contributed by atoms with Crippen LogP contribution in [0.15, 0.2) is 42.5 Å². The minimum Gasteiger partial charge on any atom is -0.360 e. The molecular formula is C24H28ClN3O. The predicted molar refractivity (Wildman–Crippen MR) is 118 cm³/mol. The average molecular weight is 410 g/mol. The van der Waals surface area contributed by atoms with E-state index in [0.717, 1.165) is 23.2 Å². The SMILES string of the molecule is Cc1ccc(N2CCN(C(=O)CCC(C)C)C[C@H]2c2ccc(Cl)cc2)c(C#N)c1. The Kier molecular flexibility index (Phi) is 6.82. The number of halogens is 1. The fourth-order valence-corrected chi connectivity index (χ4v) is 3.95. The summed E-state index contributed by atoms with van der Waals surface area (Å²) in [6, 6.07) is 16.1. The van der Waals surface area contributed by atoms with Gasteiger partial charge in [0.05, 0.1) is 17.3 Å². The van der Waals surface area contributed by atoms with E-state index in [0.29, 0.717) is 42.6 Å². The molecule has 4 nitrogen and oxygen atoms in total. The standard InChI is InChI=1S/C24H28ClN3O/c1-17(2)4-11-24(29)27-12-13-28(22-10-5-18(3)14-20(22)15-26)23(16-27)19-6-8-21(25)9-7-19/h5-10,14,17,23H,4,11-13,16H2,1-3H3/t23-/m0/s1. The number of benzene rings is 2. The highest BCUT2D eigenvalue weighted by Gasteiger charge is 2.31. The third-order valence-corrected chi connectivity index (χ3v) is 5.76. The number of rotatable bonds is 5. The summed E-state index contributed by atoms with van der Waals surface area (Å²) >= 11 is 6.10. The number of anilines is 1. The lowest BCUT2D eigenvalue weighted by atomic mass is 9.99. The molecule has 1 saturated heterocycles. The van der Waals surface area contributed by atoms with Gasteiger partial charge in [-0.1, -0.05) is 43.6 Å². The van der Waals surface area contributed by atoms with Crippen LogP contribution in [0.25, 0.3) is 0 Å². The summed E-state index contributed by atoms with van der Waals surface area (Å²) in [5, 5.41) is 10.4. The van der Waals surface area contributed by atoms with Gasteiger partial charge in [0.25, 0.3) is 0 Å². The molecule has 1 atom stereocenters. The first-order chi connectivity index (χ1) is 13.9. The van der Waals surface area contributed by atoms with Crippen molar-refractivity contribution in [2.75, 3.05) is 24.5 Å².